The lowest BCUT2D eigenvalue weighted by Crippen LogP contribution is -2.00. The van der Waals surface area contributed by atoms with Gasteiger partial charge in [-0.2, -0.15) is 0 Å². The number of hydrogen-bond acceptors (Lipinski definition) is 4. The largest absolute Gasteiger partial charge is 0.504 e. The molecular weight excluding hydrogens is 429 g/mol. The molecule has 0 saturated heterocycles. The maximum atomic E-state index is 9.89. The summed E-state index contributed by atoms with van der Waals surface area (Å²) in [5.41, 5.74) is 2.02. The zero-order chi connectivity index (χ0) is 17.6. The molecule has 0 aliphatic heterocycles. The van der Waals surface area contributed by atoms with Gasteiger partial charge in [0, 0.05) is 12.2 Å². The molecule has 0 bridgehead atoms. The van der Waals surface area contributed by atoms with Gasteiger partial charge in [-0.05, 0) is 76.7 Å². The monoisotopic (exact) mass is 447 g/mol. The van der Waals surface area contributed by atoms with Crippen LogP contribution in [0.4, 0.5) is 5.69 Å². The molecule has 0 atom stereocenters. The maximum absolute atomic E-state index is 9.89. The number of halogens is 1. The van der Waals surface area contributed by atoms with Gasteiger partial charge in [0.05, 0.1) is 10.7 Å². The first kappa shape index (κ1) is 17.4. The molecule has 3 aromatic carbocycles. The van der Waals surface area contributed by atoms with Crippen LogP contribution in [0.1, 0.15) is 5.56 Å². The third-order valence-electron chi connectivity index (χ3n) is 3.64. The fraction of sp³-hybridized carbons (Fsp3) is 0.100. The highest BCUT2D eigenvalue weighted by Crippen LogP contribution is 2.32. The van der Waals surface area contributed by atoms with Gasteiger partial charge >= 0.3 is 0 Å². The molecule has 0 saturated carbocycles. The van der Waals surface area contributed by atoms with Crippen molar-refractivity contribution in [3.8, 4) is 23.0 Å². The van der Waals surface area contributed by atoms with E-state index in [1.165, 1.54) is 0 Å². The summed E-state index contributed by atoms with van der Waals surface area (Å²) in [5, 5.41) is 13.2. The van der Waals surface area contributed by atoms with Gasteiger partial charge in [-0.15, -0.1) is 0 Å². The lowest BCUT2D eigenvalue weighted by atomic mass is 10.2. The molecule has 128 valence electrons. The van der Waals surface area contributed by atoms with Crippen LogP contribution in [0.2, 0.25) is 0 Å². The topological polar surface area (TPSA) is 50.7 Å². The summed E-state index contributed by atoms with van der Waals surface area (Å²) >= 11 is 2.09. The van der Waals surface area contributed by atoms with Gasteiger partial charge in [0.25, 0.3) is 0 Å². The molecular formula is C20H18INO3. The van der Waals surface area contributed by atoms with Crippen LogP contribution >= 0.6 is 22.6 Å². The van der Waals surface area contributed by atoms with Crippen LogP contribution in [-0.4, -0.2) is 12.2 Å². The van der Waals surface area contributed by atoms with Crippen molar-refractivity contribution in [2.75, 3.05) is 12.4 Å². The van der Waals surface area contributed by atoms with Gasteiger partial charge in [-0.1, -0.05) is 18.2 Å². The smallest absolute Gasteiger partial charge is 0.171 e. The van der Waals surface area contributed by atoms with E-state index < -0.39 is 0 Å². The second kappa shape index (κ2) is 8.11. The predicted molar refractivity (Wildman–Crippen MR) is 108 cm³/mol. The zero-order valence-electron chi connectivity index (χ0n) is 13.7. The highest BCUT2D eigenvalue weighted by Gasteiger charge is 2.08. The van der Waals surface area contributed by atoms with E-state index >= 15 is 0 Å². The Morgan fingerprint density at radius 1 is 0.960 bits per heavy atom. The molecule has 3 rings (SSSR count). The molecule has 0 spiro atoms. The van der Waals surface area contributed by atoms with Crippen molar-refractivity contribution in [3.05, 3.63) is 75.9 Å². The highest BCUT2D eigenvalue weighted by atomic mass is 127. The van der Waals surface area contributed by atoms with Crippen molar-refractivity contribution < 1.29 is 14.6 Å². The lowest BCUT2D eigenvalue weighted by Gasteiger charge is -2.11. The van der Waals surface area contributed by atoms with Gasteiger partial charge in [0.1, 0.15) is 11.5 Å². The molecule has 25 heavy (non-hydrogen) atoms. The van der Waals surface area contributed by atoms with E-state index in [0.717, 1.165) is 26.3 Å². The van der Waals surface area contributed by atoms with Crippen molar-refractivity contribution in [2.24, 2.45) is 0 Å². The first-order valence-corrected chi connectivity index (χ1v) is 8.86. The van der Waals surface area contributed by atoms with Crippen LogP contribution in [-0.2, 0) is 6.54 Å². The van der Waals surface area contributed by atoms with Crippen LogP contribution in [0.25, 0.3) is 0 Å². The number of phenolic OH excluding ortho intramolecular Hbond substituents is 1. The summed E-state index contributed by atoms with van der Waals surface area (Å²) in [4.78, 5) is 0. The molecule has 0 heterocycles. The average molecular weight is 447 g/mol. The molecule has 0 fully saturated rings. The van der Waals surface area contributed by atoms with E-state index in [4.69, 9.17) is 9.47 Å². The SMILES string of the molecule is COc1cc(CNc2ccc(Oc3ccccc3)cc2)cc(I)c1O. The molecule has 0 radical (unpaired) electrons. The Hall–Kier alpha value is -2.41. The van der Waals surface area contributed by atoms with E-state index in [1.54, 1.807) is 7.11 Å². The van der Waals surface area contributed by atoms with Crippen molar-refractivity contribution >= 4 is 28.3 Å². The maximum Gasteiger partial charge on any atom is 0.171 e. The summed E-state index contributed by atoms with van der Waals surface area (Å²) in [6.45, 7) is 0.630. The van der Waals surface area contributed by atoms with E-state index in [-0.39, 0.29) is 5.75 Å². The second-order valence-electron chi connectivity index (χ2n) is 5.42. The second-order valence-corrected chi connectivity index (χ2v) is 6.58. The molecule has 0 aliphatic rings. The molecule has 0 aliphatic carbocycles. The van der Waals surface area contributed by atoms with Crippen LogP contribution in [0.3, 0.4) is 0 Å². The van der Waals surface area contributed by atoms with E-state index in [1.807, 2.05) is 66.7 Å². The van der Waals surface area contributed by atoms with E-state index in [9.17, 15) is 5.11 Å². The number of hydrogen-bond donors (Lipinski definition) is 2. The molecule has 0 amide bonds. The minimum atomic E-state index is 0.175. The summed E-state index contributed by atoms with van der Waals surface area (Å²) in [6.07, 6.45) is 0. The van der Waals surface area contributed by atoms with Crippen molar-refractivity contribution in [1.82, 2.24) is 0 Å². The predicted octanol–water partition coefficient (Wildman–Crippen LogP) is 5.41. The van der Waals surface area contributed by atoms with Crippen LogP contribution in [0, 0.1) is 3.57 Å². The summed E-state index contributed by atoms with van der Waals surface area (Å²) < 4.78 is 11.7. The Labute approximate surface area is 160 Å². The molecule has 0 unspecified atom stereocenters. The van der Waals surface area contributed by atoms with Crippen molar-refractivity contribution in [2.45, 2.75) is 6.54 Å². The van der Waals surface area contributed by atoms with E-state index in [2.05, 4.69) is 27.9 Å². The first-order chi connectivity index (χ1) is 12.2. The molecule has 4 nitrogen and oxygen atoms in total. The lowest BCUT2D eigenvalue weighted by molar-refractivity contribution is 0.371. The minimum Gasteiger partial charge on any atom is -0.504 e. The van der Waals surface area contributed by atoms with Crippen LogP contribution in [0.5, 0.6) is 23.0 Å². The Kier molecular flexibility index (Phi) is 5.65. The first-order valence-electron chi connectivity index (χ1n) is 7.78. The number of nitrogens with one attached hydrogen (secondary N) is 1. The van der Waals surface area contributed by atoms with Gasteiger partial charge in [0.2, 0.25) is 0 Å². The zero-order valence-corrected chi connectivity index (χ0v) is 15.9. The summed E-state index contributed by atoms with van der Waals surface area (Å²) in [5.74, 6) is 2.26. The van der Waals surface area contributed by atoms with Gasteiger partial charge in [-0.25, -0.2) is 0 Å². The number of benzene rings is 3. The van der Waals surface area contributed by atoms with Crippen LogP contribution in [0.15, 0.2) is 66.7 Å². The Morgan fingerprint density at radius 3 is 2.32 bits per heavy atom. The molecule has 0 aromatic heterocycles. The van der Waals surface area contributed by atoms with Crippen molar-refractivity contribution in [1.29, 1.82) is 0 Å². The number of aromatic hydroxyl groups is 1. The number of ether oxygens (including phenoxy) is 2. The standard InChI is InChI=1S/C20H18INO3/c1-24-19-12-14(11-18(21)20(19)23)13-22-15-7-9-17(10-8-15)25-16-5-3-2-4-6-16/h2-12,22-23H,13H2,1H3. The third kappa shape index (κ3) is 4.57. The molecule has 3 aromatic rings. The minimum absolute atomic E-state index is 0.175. The van der Waals surface area contributed by atoms with E-state index in [0.29, 0.717) is 12.3 Å². The molecule has 5 heteroatoms. The highest BCUT2D eigenvalue weighted by molar-refractivity contribution is 14.1. The number of rotatable bonds is 6. The van der Waals surface area contributed by atoms with Gasteiger partial charge in [0.15, 0.2) is 11.5 Å². The van der Waals surface area contributed by atoms with Crippen LogP contribution < -0.4 is 14.8 Å². The number of methoxy groups -OCH3 is 1. The van der Waals surface area contributed by atoms with Crippen molar-refractivity contribution in [3.63, 3.8) is 0 Å². The summed E-state index contributed by atoms with van der Waals surface area (Å²) in [6, 6.07) is 21.2. The number of para-hydroxylation sites is 1. The fourth-order valence-electron chi connectivity index (χ4n) is 2.35. The fourth-order valence-corrected chi connectivity index (χ4v) is 3.02. The number of phenols is 1. The average Bonchev–Trinajstić information content (AvgIpc) is 2.64. The number of anilines is 1. The quantitative estimate of drug-likeness (QED) is 0.497. The van der Waals surface area contributed by atoms with Gasteiger partial charge < -0.3 is 19.9 Å². The molecule has 2 N–H and O–H groups in total. The normalized spacial score (nSPS) is 10.3. The Bertz CT molecular complexity index is 836. The summed E-state index contributed by atoms with van der Waals surface area (Å²) in [7, 11) is 1.55. The third-order valence-corrected chi connectivity index (χ3v) is 4.46. The van der Waals surface area contributed by atoms with Gasteiger partial charge in [-0.3, -0.25) is 0 Å². The Balaban J connectivity index is 1.63. The Morgan fingerprint density at radius 2 is 1.64 bits per heavy atom.